The molecule has 2 aromatic heterocycles. The van der Waals surface area contributed by atoms with Crippen LogP contribution in [0.15, 0.2) is 18.3 Å². The van der Waals surface area contributed by atoms with E-state index < -0.39 is 5.82 Å². The molecule has 1 saturated heterocycles. The first-order valence-electron chi connectivity index (χ1n) is 14.1. The van der Waals surface area contributed by atoms with Crippen LogP contribution >= 0.6 is 11.6 Å². The minimum absolute atomic E-state index is 0.0140. The van der Waals surface area contributed by atoms with Gasteiger partial charge >= 0.3 is 6.09 Å². The minimum atomic E-state index is -0.693. The Labute approximate surface area is 247 Å². The van der Waals surface area contributed by atoms with Crippen LogP contribution in [0.4, 0.5) is 26.8 Å². The molecule has 12 nitrogen and oxygen atoms in total. The van der Waals surface area contributed by atoms with E-state index in [4.69, 9.17) is 32.3 Å². The number of nitriles is 1. The van der Waals surface area contributed by atoms with Gasteiger partial charge < -0.3 is 26.0 Å². The zero-order chi connectivity index (χ0) is 30.0. The second-order valence-electron chi connectivity index (χ2n) is 11.0. The molecule has 3 heterocycles. The standard InChI is InChI=1S/C28H33ClFN9O3/c1-15(2)42-28(41)38-9-3-4-18(14-38)34-26-33-13-22-25(37-26)39(19-7-5-17(6-8-19)24(32)40)27(35-22)36-23-20(29)10-16(12-31)11-21(23)30/h10-11,13,15,17-19H,3-9,14H2,1-2H3,(H2,32,40)(H,35,36)(H,33,34,37)/t17-,18-,19+/m1/s1. The predicted molar refractivity (Wildman–Crippen MR) is 155 cm³/mol. The lowest BCUT2D eigenvalue weighted by atomic mass is 9.85. The highest BCUT2D eigenvalue weighted by molar-refractivity contribution is 6.33. The third kappa shape index (κ3) is 6.33. The van der Waals surface area contributed by atoms with Crippen molar-refractivity contribution < 1.29 is 18.7 Å². The van der Waals surface area contributed by atoms with Gasteiger partial charge in [-0.3, -0.25) is 9.36 Å². The molecule has 0 radical (unpaired) electrons. The van der Waals surface area contributed by atoms with Gasteiger partial charge in [-0.25, -0.2) is 19.2 Å². The third-order valence-corrected chi connectivity index (χ3v) is 7.95. The maximum atomic E-state index is 15.0. The fourth-order valence-corrected chi connectivity index (χ4v) is 5.86. The zero-order valence-corrected chi connectivity index (χ0v) is 24.2. The number of likely N-dealkylation sites (tertiary alicyclic amines) is 1. The van der Waals surface area contributed by atoms with Crippen LogP contribution in [0.3, 0.4) is 0 Å². The molecular formula is C28H33ClFN9O3. The first-order chi connectivity index (χ1) is 20.1. The van der Waals surface area contributed by atoms with Crippen molar-refractivity contribution in [2.75, 3.05) is 23.7 Å². The van der Waals surface area contributed by atoms with E-state index in [0.717, 1.165) is 18.9 Å². The van der Waals surface area contributed by atoms with E-state index in [2.05, 4.69) is 20.6 Å². The quantitative estimate of drug-likeness (QED) is 0.344. The molecule has 4 N–H and O–H groups in total. The number of nitrogens with zero attached hydrogens (tertiary/aromatic N) is 6. The number of aromatic nitrogens is 4. The number of carbonyl (C=O) groups is 2. The topological polar surface area (TPSA) is 164 Å². The normalized spacial score (nSPS) is 20.8. The summed E-state index contributed by atoms with van der Waals surface area (Å²) in [5.74, 6) is -0.540. The average molecular weight is 598 g/mol. The summed E-state index contributed by atoms with van der Waals surface area (Å²) in [7, 11) is 0. The lowest BCUT2D eigenvalue weighted by Gasteiger charge is -2.33. The summed E-state index contributed by atoms with van der Waals surface area (Å²) in [6.07, 6.45) is 5.15. The number of carbonyl (C=O) groups excluding carboxylic acids is 2. The molecular weight excluding hydrogens is 565 g/mol. The van der Waals surface area contributed by atoms with Crippen molar-refractivity contribution in [3.63, 3.8) is 0 Å². The van der Waals surface area contributed by atoms with E-state index in [1.54, 1.807) is 11.1 Å². The van der Waals surface area contributed by atoms with Gasteiger partial charge in [0.25, 0.3) is 0 Å². The van der Waals surface area contributed by atoms with Crippen molar-refractivity contribution in [3.05, 3.63) is 34.7 Å². The van der Waals surface area contributed by atoms with Gasteiger partial charge in [-0.05, 0) is 64.5 Å². The number of anilines is 3. The van der Waals surface area contributed by atoms with Gasteiger partial charge in [0.1, 0.15) is 11.3 Å². The van der Waals surface area contributed by atoms with Crippen molar-refractivity contribution >= 4 is 52.3 Å². The summed E-state index contributed by atoms with van der Waals surface area (Å²) >= 11 is 6.33. The summed E-state index contributed by atoms with van der Waals surface area (Å²) in [4.78, 5) is 39.8. The Bertz CT molecular complexity index is 1510. The van der Waals surface area contributed by atoms with E-state index in [0.29, 0.717) is 61.8 Å². The summed E-state index contributed by atoms with van der Waals surface area (Å²) in [6, 6.07) is 4.19. The van der Waals surface area contributed by atoms with Crippen molar-refractivity contribution in [2.24, 2.45) is 11.7 Å². The largest absolute Gasteiger partial charge is 0.447 e. The zero-order valence-electron chi connectivity index (χ0n) is 23.4. The summed E-state index contributed by atoms with van der Waals surface area (Å²) in [5, 5.41) is 15.6. The summed E-state index contributed by atoms with van der Waals surface area (Å²) in [6.45, 7) is 4.70. The number of primary amides is 1. The Balaban J connectivity index is 1.46. The highest BCUT2D eigenvalue weighted by Gasteiger charge is 2.30. The maximum absolute atomic E-state index is 15.0. The molecule has 2 amide bonds. The number of benzene rings is 1. The lowest BCUT2D eigenvalue weighted by molar-refractivity contribution is -0.122. The average Bonchev–Trinajstić information content (AvgIpc) is 3.31. The number of nitrogens with one attached hydrogen (secondary N) is 2. The monoisotopic (exact) mass is 597 g/mol. The van der Waals surface area contributed by atoms with E-state index in [-0.39, 0.29) is 52.4 Å². The predicted octanol–water partition coefficient (Wildman–Crippen LogP) is 4.87. The van der Waals surface area contributed by atoms with Crippen LogP contribution in [-0.4, -0.2) is 61.7 Å². The van der Waals surface area contributed by atoms with Crippen LogP contribution in [-0.2, 0) is 9.53 Å². The molecule has 5 rings (SSSR count). The van der Waals surface area contributed by atoms with Gasteiger partial charge in [-0.15, -0.1) is 0 Å². The fourth-order valence-electron chi connectivity index (χ4n) is 5.60. The van der Waals surface area contributed by atoms with Gasteiger partial charge in [-0.1, -0.05) is 11.6 Å². The van der Waals surface area contributed by atoms with Gasteiger partial charge in [0, 0.05) is 31.1 Å². The van der Waals surface area contributed by atoms with Gasteiger partial charge in [0.05, 0.1) is 34.6 Å². The molecule has 0 spiro atoms. The van der Waals surface area contributed by atoms with Crippen LogP contribution in [0.5, 0.6) is 0 Å². The van der Waals surface area contributed by atoms with E-state index in [1.165, 1.54) is 6.07 Å². The number of halogens is 2. The van der Waals surface area contributed by atoms with Crippen LogP contribution in [0.2, 0.25) is 5.02 Å². The molecule has 14 heteroatoms. The van der Waals surface area contributed by atoms with Crippen molar-refractivity contribution in [1.82, 2.24) is 24.4 Å². The molecule has 0 bridgehead atoms. The second kappa shape index (κ2) is 12.4. The van der Waals surface area contributed by atoms with Crippen LogP contribution in [0.1, 0.15) is 64.0 Å². The molecule has 3 aromatic rings. The van der Waals surface area contributed by atoms with Gasteiger partial charge in [-0.2, -0.15) is 10.2 Å². The molecule has 42 heavy (non-hydrogen) atoms. The van der Waals surface area contributed by atoms with Crippen LogP contribution < -0.4 is 16.4 Å². The van der Waals surface area contributed by atoms with Crippen LogP contribution in [0.25, 0.3) is 11.2 Å². The Hall–Kier alpha value is -4.18. The first-order valence-corrected chi connectivity index (χ1v) is 14.4. The number of amides is 2. The number of nitrogens with two attached hydrogens (primary N) is 1. The summed E-state index contributed by atoms with van der Waals surface area (Å²) in [5.41, 5.74) is 6.65. The van der Waals surface area contributed by atoms with E-state index in [1.807, 2.05) is 24.5 Å². The molecule has 1 aliphatic heterocycles. The Kier molecular flexibility index (Phi) is 8.63. The maximum Gasteiger partial charge on any atom is 0.410 e. The molecule has 1 saturated carbocycles. The Morgan fingerprint density at radius 2 is 1.98 bits per heavy atom. The first kappa shape index (κ1) is 29.3. The lowest BCUT2D eigenvalue weighted by Crippen LogP contribution is -2.46. The smallest absolute Gasteiger partial charge is 0.410 e. The number of rotatable bonds is 7. The van der Waals surface area contributed by atoms with Gasteiger partial charge in [0.2, 0.25) is 17.8 Å². The molecule has 1 aliphatic carbocycles. The molecule has 0 unspecified atom stereocenters. The van der Waals surface area contributed by atoms with Crippen molar-refractivity contribution in [2.45, 2.75) is 70.6 Å². The fraction of sp³-hybridized carbons (Fsp3) is 0.500. The molecule has 222 valence electrons. The van der Waals surface area contributed by atoms with Crippen molar-refractivity contribution in [3.8, 4) is 6.07 Å². The Morgan fingerprint density at radius 3 is 2.64 bits per heavy atom. The number of hydrogen-bond donors (Lipinski definition) is 3. The Morgan fingerprint density at radius 1 is 1.21 bits per heavy atom. The third-order valence-electron chi connectivity index (χ3n) is 7.65. The number of imidazole rings is 1. The summed E-state index contributed by atoms with van der Waals surface area (Å²) < 4.78 is 22.2. The molecule has 1 aromatic carbocycles. The number of hydrogen-bond acceptors (Lipinski definition) is 9. The SMILES string of the molecule is CC(C)OC(=O)N1CCC[C@@H](Nc2ncc3nc(Nc4c(F)cc(C#N)cc4Cl)n([C@H]4CC[C@@H](C(N)=O)CC4)c3n2)C1. The molecule has 2 fully saturated rings. The van der Waals surface area contributed by atoms with Gasteiger partial charge in [0.15, 0.2) is 5.65 Å². The molecule has 1 atom stereocenters. The highest BCUT2D eigenvalue weighted by Crippen LogP contribution is 2.38. The van der Waals surface area contributed by atoms with Crippen molar-refractivity contribution in [1.29, 1.82) is 5.26 Å². The number of piperidine rings is 1. The second-order valence-corrected chi connectivity index (χ2v) is 11.4. The number of fused-ring (bicyclic) bond motifs is 1. The van der Waals surface area contributed by atoms with E-state index in [9.17, 15) is 14.0 Å². The molecule has 2 aliphatic rings. The minimum Gasteiger partial charge on any atom is -0.447 e. The number of ether oxygens (including phenoxy) is 1. The van der Waals surface area contributed by atoms with E-state index >= 15 is 0 Å². The highest BCUT2D eigenvalue weighted by atomic mass is 35.5. The van der Waals surface area contributed by atoms with Crippen LogP contribution in [0, 0.1) is 23.1 Å².